The van der Waals surface area contributed by atoms with E-state index in [1.54, 1.807) is 12.1 Å². The molecule has 0 unspecified atom stereocenters. The molecule has 3 nitrogen and oxygen atoms in total. The number of primary amides is 1. The third kappa shape index (κ3) is 3.61. The van der Waals surface area contributed by atoms with Crippen LogP contribution in [0, 0.1) is 17.8 Å². The van der Waals surface area contributed by atoms with Gasteiger partial charge in [-0.1, -0.05) is 11.8 Å². The minimum absolute atomic E-state index is 0.399. The molecule has 94 valence electrons. The van der Waals surface area contributed by atoms with Crippen molar-refractivity contribution >= 4 is 5.91 Å². The van der Waals surface area contributed by atoms with Gasteiger partial charge in [0.25, 0.3) is 0 Å². The van der Waals surface area contributed by atoms with Crippen molar-refractivity contribution in [3.8, 4) is 11.8 Å². The van der Waals surface area contributed by atoms with E-state index in [-0.39, 0.29) is 0 Å². The molecule has 1 aromatic rings. The first-order chi connectivity index (χ1) is 8.75. The van der Waals surface area contributed by atoms with Crippen LogP contribution in [0.1, 0.15) is 35.2 Å². The number of benzene rings is 1. The highest BCUT2D eigenvalue weighted by Gasteiger charge is 2.10. The fraction of sp³-hybridized carbons (Fsp3) is 0.400. The summed E-state index contributed by atoms with van der Waals surface area (Å²) in [6.07, 6.45) is 3.39. The van der Waals surface area contributed by atoms with Crippen LogP contribution >= 0.6 is 0 Å². The normalized spacial score (nSPS) is 15.8. The van der Waals surface area contributed by atoms with Gasteiger partial charge in [0.1, 0.15) is 0 Å². The van der Waals surface area contributed by atoms with Gasteiger partial charge in [0, 0.05) is 17.5 Å². The third-order valence-corrected chi connectivity index (χ3v) is 3.25. The molecule has 0 atom stereocenters. The summed E-state index contributed by atoms with van der Waals surface area (Å²) in [6, 6.07) is 7.12. The van der Waals surface area contributed by atoms with Crippen LogP contribution < -0.4 is 11.1 Å². The topological polar surface area (TPSA) is 55.1 Å². The van der Waals surface area contributed by atoms with Crippen LogP contribution in [0.15, 0.2) is 24.3 Å². The van der Waals surface area contributed by atoms with Crippen molar-refractivity contribution in [2.45, 2.75) is 19.3 Å². The zero-order valence-electron chi connectivity index (χ0n) is 10.4. The van der Waals surface area contributed by atoms with Gasteiger partial charge in [-0.05, 0) is 56.1 Å². The Bertz CT molecular complexity index is 462. The molecule has 1 heterocycles. The van der Waals surface area contributed by atoms with Gasteiger partial charge in [0.05, 0.1) is 0 Å². The predicted molar refractivity (Wildman–Crippen MR) is 72.0 cm³/mol. The summed E-state index contributed by atoms with van der Waals surface area (Å²) in [4.78, 5) is 10.9. The summed E-state index contributed by atoms with van der Waals surface area (Å²) < 4.78 is 0. The number of carbonyl (C=O) groups excluding carboxylic acids is 1. The van der Waals surface area contributed by atoms with Gasteiger partial charge in [-0.25, -0.2) is 0 Å². The first-order valence-electron chi connectivity index (χ1n) is 6.35. The molecule has 2 rings (SSSR count). The van der Waals surface area contributed by atoms with Gasteiger partial charge in [0.2, 0.25) is 5.91 Å². The predicted octanol–water partition coefficient (Wildman–Crippen LogP) is 1.53. The second-order valence-corrected chi connectivity index (χ2v) is 4.64. The summed E-state index contributed by atoms with van der Waals surface area (Å²) in [7, 11) is 0. The van der Waals surface area contributed by atoms with E-state index in [1.165, 1.54) is 12.8 Å². The van der Waals surface area contributed by atoms with Crippen molar-refractivity contribution in [3.63, 3.8) is 0 Å². The van der Waals surface area contributed by atoms with Crippen LogP contribution in [0.2, 0.25) is 0 Å². The van der Waals surface area contributed by atoms with Crippen molar-refractivity contribution in [2.24, 2.45) is 11.7 Å². The highest BCUT2D eigenvalue weighted by Crippen LogP contribution is 2.14. The molecule has 3 heteroatoms. The lowest BCUT2D eigenvalue weighted by atomic mass is 9.95. The molecule has 1 aliphatic rings. The zero-order chi connectivity index (χ0) is 12.8. The molecule has 1 fully saturated rings. The van der Waals surface area contributed by atoms with E-state index in [2.05, 4.69) is 17.2 Å². The molecule has 18 heavy (non-hydrogen) atoms. The molecule has 3 N–H and O–H groups in total. The first-order valence-corrected chi connectivity index (χ1v) is 6.35. The number of nitrogens with one attached hydrogen (secondary N) is 1. The highest BCUT2D eigenvalue weighted by atomic mass is 16.1. The van der Waals surface area contributed by atoms with E-state index in [4.69, 9.17) is 5.73 Å². The van der Waals surface area contributed by atoms with E-state index in [9.17, 15) is 4.79 Å². The lowest BCUT2D eigenvalue weighted by molar-refractivity contribution is 0.100. The monoisotopic (exact) mass is 242 g/mol. The molecule has 0 radical (unpaired) electrons. The van der Waals surface area contributed by atoms with Gasteiger partial charge in [0.15, 0.2) is 0 Å². The Labute approximate surface area is 108 Å². The number of carbonyl (C=O) groups is 1. The van der Waals surface area contributed by atoms with Gasteiger partial charge in [-0.2, -0.15) is 0 Å². The lowest BCUT2D eigenvalue weighted by Crippen LogP contribution is -2.27. The van der Waals surface area contributed by atoms with E-state index < -0.39 is 5.91 Å². The van der Waals surface area contributed by atoms with Crippen LogP contribution in [0.4, 0.5) is 0 Å². The maximum absolute atomic E-state index is 10.9. The van der Waals surface area contributed by atoms with Crippen molar-refractivity contribution < 1.29 is 4.79 Å². The molecule has 0 aromatic heterocycles. The van der Waals surface area contributed by atoms with Crippen molar-refractivity contribution in [1.29, 1.82) is 0 Å². The summed E-state index contributed by atoms with van der Waals surface area (Å²) in [5, 5.41) is 3.35. The second kappa shape index (κ2) is 6.23. The largest absolute Gasteiger partial charge is 0.366 e. The summed E-state index contributed by atoms with van der Waals surface area (Å²) >= 11 is 0. The smallest absolute Gasteiger partial charge is 0.248 e. The number of hydrogen-bond acceptors (Lipinski definition) is 2. The maximum Gasteiger partial charge on any atom is 0.248 e. The van der Waals surface area contributed by atoms with Crippen molar-refractivity contribution in [3.05, 3.63) is 35.4 Å². The Balaban J connectivity index is 1.90. The van der Waals surface area contributed by atoms with Crippen LogP contribution in [-0.4, -0.2) is 19.0 Å². The fourth-order valence-electron chi connectivity index (χ4n) is 2.10. The summed E-state index contributed by atoms with van der Waals surface area (Å²) in [6.45, 7) is 2.22. The average Bonchev–Trinajstić information content (AvgIpc) is 2.40. The number of nitrogens with two attached hydrogens (primary N) is 1. The average molecular weight is 242 g/mol. The molecule has 0 aliphatic carbocycles. The molecule has 1 aromatic carbocycles. The number of piperidine rings is 1. The van der Waals surface area contributed by atoms with Crippen LogP contribution in [-0.2, 0) is 0 Å². The Morgan fingerprint density at radius 3 is 2.56 bits per heavy atom. The molecule has 0 saturated carbocycles. The molecule has 1 saturated heterocycles. The maximum atomic E-state index is 10.9. The second-order valence-electron chi connectivity index (χ2n) is 4.64. The Morgan fingerprint density at radius 2 is 1.94 bits per heavy atom. The van der Waals surface area contributed by atoms with Crippen LogP contribution in [0.3, 0.4) is 0 Å². The van der Waals surface area contributed by atoms with Crippen molar-refractivity contribution in [2.75, 3.05) is 13.1 Å². The summed E-state index contributed by atoms with van der Waals surface area (Å²) in [5.74, 6) is 6.69. The zero-order valence-corrected chi connectivity index (χ0v) is 10.4. The molecule has 0 spiro atoms. The first kappa shape index (κ1) is 12.7. The Morgan fingerprint density at radius 1 is 1.28 bits per heavy atom. The number of rotatable bonds is 2. The van der Waals surface area contributed by atoms with Crippen LogP contribution in [0.5, 0.6) is 0 Å². The summed E-state index contributed by atoms with van der Waals surface area (Å²) in [5.41, 5.74) is 6.65. The molecular formula is C15H18N2O. The van der Waals surface area contributed by atoms with Crippen molar-refractivity contribution in [1.82, 2.24) is 5.32 Å². The number of hydrogen-bond donors (Lipinski definition) is 2. The van der Waals surface area contributed by atoms with E-state index in [1.807, 2.05) is 12.1 Å². The van der Waals surface area contributed by atoms with Gasteiger partial charge in [-0.3, -0.25) is 4.79 Å². The quantitative estimate of drug-likeness (QED) is 0.773. The van der Waals surface area contributed by atoms with Gasteiger partial charge < -0.3 is 11.1 Å². The molecule has 1 aliphatic heterocycles. The van der Waals surface area contributed by atoms with E-state index in [0.29, 0.717) is 5.56 Å². The number of amides is 1. The van der Waals surface area contributed by atoms with Crippen LogP contribution in [0.25, 0.3) is 0 Å². The lowest BCUT2D eigenvalue weighted by Gasteiger charge is -2.20. The molecule has 1 amide bonds. The Kier molecular flexibility index (Phi) is 4.38. The minimum atomic E-state index is -0.399. The third-order valence-electron chi connectivity index (χ3n) is 3.25. The Hall–Kier alpha value is -1.79. The fourth-order valence-corrected chi connectivity index (χ4v) is 2.10. The standard InChI is InChI=1S/C15H18N2O/c16-15(18)14-6-4-12(5-7-14)2-1-3-13-8-10-17-11-9-13/h4-7,13,17H,3,8-11H2,(H2,16,18). The highest BCUT2D eigenvalue weighted by molar-refractivity contribution is 5.92. The van der Waals surface area contributed by atoms with E-state index in [0.717, 1.165) is 31.0 Å². The molecular weight excluding hydrogens is 224 g/mol. The SMILES string of the molecule is NC(=O)c1ccc(C#CCC2CCNCC2)cc1. The van der Waals surface area contributed by atoms with E-state index >= 15 is 0 Å². The van der Waals surface area contributed by atoms with Gasteiger partial charge in [-0.15, -0.1) is 0 Å². The minimum Gasteiger partial charge on any atom is -0.366 e. The molecule has 0 bridgehead atoms. The van der Waals surface area contributed by atoms with Gasteiger partial charge >= 0.3 is 0 Å².